The molecule has 0 aliphatic heterocycles. The number of anilines is 2. The summed E-state index contributed by atoms with van der Waals surface area (Å²) in [5.74, 6) is 0.273. The first-order chi connectivity index (χ1) is 16.5. The van der Waals surface area contributed by atoms with E-state index in [0.29, 0.717) is 23.5 Å². The Morgan fingerprint density at radius 3 is 2.15 bits per heavy atom. The molecule has 34 heavy (non-hydrogen) atoms. The molecule has 0 aliphatic carbocycles. The molecule has 1 heterocycles. The van der Waals surface area contributed by atoms with Gasteiger partial charge in [0.15, 0.2) is 0 Å². The molecule has 1 aromatic heterocycles. The van der Waals surface area contributed by atoms with Crippen molar-refractivity contribution >= 4 is 34.2 Å². The average Bonchev–Trinajstić information content (AvgIpc) is 3.09. The van der Waals surface area contributed by atoms with Crippen molar-refractivity contribution in [3.63, 3.8) is 0 Å². The summed E-state index contributed by atoms with van der Waals surface area (Å²) in [6, 6.07) is 21.3. The Morgan fingerprint density at radius 2 is 1.47 bits per heavy atom. The lowest BCUT2D eigenvalue weighted by Crippen LogP contribution is -2.24. The van der Waals surface area contributed by atoms with E-state index in [1.165, 1.54) is 0 Å². The third kappa shape index (κ3) is 5.01. The monoisotopic (exact) mass is 458 g/mol. The topological polar surface area (TPSA) is 94.4 Å². The first kappa shape index (κ1) is 22.8. The third-order valence-corrected chi connectivity index (χ3v) is 5.47. The van der Waals surface area contributed by atoms with Crippen LogP contribution >= 0.6 is 0 Å². The van der Waals surface area contributed by atoms with Crippen molar-refractivity contribution in [2.75, 3.05) is 17.2 Å². The van der Waals surface area contributed by atoms with Gasteiger partial charge in [-0.1, -0.05) is 12.1 Å². The van der Waals surface area contributed by atoms with Crippen LogP contribution in [0.25, 0.3) is 11.0 Å². The quantitative estimate of drug-likeness (QED) is 0.417. The minimum absolute atomic E-state index is 0.147. The van der Waals surface area contributed by atoms with Gasteiger partial charge in [-0.25, -0.2) is 4.79 Å². The van der Waals surface area contributed by atoms with Crippen molar-refractivity contribution < 1.29 is 14.3 Å². The largest absolute Gasteiger partial charge is 0.494 e. The molecule has 4 rings (SSSR count). The molecule has 0 spiro atoms. The van der Waals surface area contributed by atoms with Crippen molar-refractivity contribution in [3.05, 3.63) is 88.8 Å². The lowest BCUT2D eigenvalue weighted by Gasteiger charge is -2.09. The minimum Gasteiger partial charge on any atom is -0.494 e. The van der Waals surface area contributed by atoms with Crippen molar-refractivity contribution in [2.45, 2.75) is 19.9 Å². The number of hydrogen-bond donors (Lipinski definition) is 2. The number of imidazole rings is 1. The Hall–Kier alpha value is -4.33. The van der Waals surface area contributed by atoms with Crippen molar-refractivity contribution in [3.8, 4) is 5.75 Å². The lowest BCUT2D eigenvalue weighted by atomic mass is 10.2. The van der Waals surface area contributed by atoms with Gasteiger partial charge in [0.1, 0.15) is 5.75 Å². The number of aryl methyl sites for hydroxylation is 2. The fraction of sp³-hybridized carbons (Fsp3) is 0.192. The highest BCUT2D eigenvalue weighted by atomic mass is 16.5. The normalized spacial score (nSPS) is 10.8. The summed E-state index contributed by atoms with van der Waals surface area (Å²) in [7, 11) is 1.72. The highest BCUT2D eigenvalue weighted by Gasteiger charge is 2.12. The molecule has 174 valence electrons. The molecule has 0 aliphatic rings. The van der Waals surface area contributed by atoms with Gasteiger partial charge in [-0.05, 0) is 67.6 Å². The summed E-state index contributed by atoms with van der Waals surface area (Å²) in [4.78, 5) is 37.4. The number of carbonyl (C=O) groups excluding carboxylic acids is 2. The molecule has 0 atom stereocenters. The van der Waals surface area contributed by atoms with Crippen LogP contribution in [0, 0.1) is 0 Å². The number of hydrogen-bond acceptors (Lipinski definition) is 4. The zero-order chi connectivity index (χ0) is 24.1. The van der Waals surface area contributed by atoms with E-state index in [9.17, 15) is 14.4 Å². The Bertz CT molecular complexity index is 1370. The van der Waals surface area contributed by atoms with Gasteiger partial charge in [-0.3, -0.25) is 18.7 Å². The zero-order valence-electron chi connectivity index (χ0n) is 19.1. The first-order valence-corrected chi connectivity index (χ1v) is 11.0. The van der Waals surface area contributed by atoms with Crippen molar-refractivity contribution in [1.82, 2.24) is 9.13 Å². The van der Waals surface area contributed by atoms with Crippen LogP contribution in [-0.2, 0) is 18.4 Å². The molecule has 0 bridgehead atoms. The van der Waals surface area contributed by atoms with Crippen LogP contribution < -0.4 is 21.1 Å². The van der Waals surface area contributed by atoms with Gasteiger partial charge in [-0.15, -0.1) is 0 Å². The van der Waals surface area contributed by atoms with E-state index in [4.69, 9.17) is 4.74 Å². The molecule has 8 heteroatoms. The van der Waals surface area contributed by atoms with Gasteiger partial charge in [0.05, 0.1) is 17.6 Å². The maximum atomic E-state index is 12.5. The predicted molar refractivity (Wildman–Crippen MR) is 132 cm³/mol. The number of benzene rings is 3. The second-order valence-corrected chi connectivity index (χ2v) is 7.77. The van der Waals surface area contributed by atoms with Crippen LogP contribution in [0.2, 0.25) is 0 Å². The first-order valence-electron chi connectivity index (χ1n) is 11.0. The Kier molecular flexibility index (Phi) is 6.77. The number of nitrogens with one attached hydrogen (secondary N) is 2. The SMILES string of the molecule is CCOc1ccc(NC(=O)c2ccc(NC(=O)CCn3c(=O)n(C)c4ccccc43)cc2)cc1. The standard InChI is InChI=1S/C26H26N4O4/c1-3-34-21-14-12-20(13-15-21)28-25(32)18-8-10-19(11-9-18)27-24(31)16-17-30-23-7-5-4-6-22(23)29(2)26(30)33/h4-15H,3,16-17H2,1-2H3,(H,27,31)(H,28,32). The van der Waals surface area contributed by atoms with Gasteiger partial charge in [0.2, 0.25) is 5.91 Å². The van der Waals surface area contributed by atoms with Gasteiger partial charge in [0, 0.05) is 37.0 Å². The predicted octanol–water partition coefficient (Wildman–Crippen LogP) is 4.02. The number of rotatable bonds is 8. The summed E-state index contributed by atoms with van der Waals surface area (Å²) in [5.41, 5.74) is 3.17. The molecule has 0 radical (unpaired) electrons. The molecule has 0 saturated carbocycles. The maximum Gasteiger partial charge on any atom is 0.328 e. The van der Waals surface area contributed by atoms with Gasteiger partial charge >= 0.3 is 5.69 Å². The van der Waals surface area contributed by atoms with Gasteiger partial charge in [-0.2, -0.15) is 0 Å². The van der Waals surface area contributed by atoms with Crippen LogP contribution in [0.15, 0.2) is 77.6 Å². The molecular formula is C26H26N4O4. The van der Waals surface area contributed by atoms with E-state index in [2.05, 4.69) is 10.6 Å². The Morgan fingerprint density at radius 1 is 0.853 bits per heavy atom. The molecule has 4 aromatic rings. The van der Waals surface area contributed by atoms with Crippen LogP contribution in [0.4, 0.5) is 11.4 Å². The van der Waals surface area contributed by atoms with E-state index in [1.807, 2.05) is 31.2 Å². The Balaban J connectivity index is 1.33. The van der Waals surface area contributed by atoms with E-state index >= 15 is 0 Å². The summed E-state index contributed by atoms with van der Waals surface area (Å²) in [6.07, 6.45) is 0.147. The number of ether oxygens (including phenoxy) is 1. The number of carbonyl (C=O) groups is 2. The van der Waals surface area contributed by atoms with E-state index in [1.54, 1.807) is 64.7 Å². The summed E-state index contributed by atoms with van der Waals surface area (Å²) < 4.78 is 8.57. The van der Waals surface area contributed by atoms with E-state index in [0.717, 1.165) is 16.8 Å². The van der Waals surface area contributed by atoms with E-state index in [-0.39, 0.29) is 30.5 Å². The van der Waals surface area contributed by atoms with Crippen LogP contribution in [0.1, 0.15) is 23.7 Å². The highest BCUT2D eigenvalue weighted by Crippen LogP contribution is 2.17. The molecule has 2 N–H and O–H groups in total. The van der Waals surface area contributed by atoms with Crippen molar-refractivity contribution in [2.24, 2.45) is 7.05 Å². The average molecular weight is 459 g/mol. The fourth-order valence-corrected chi connectivity index (χ4v) is 3.73. The van der Waals surface area contributed by atoms with Crippen LogP contribution in [0.3, 0.4) is 0 Å². The summed E-state index contributed by atoms with van der Waals surface area (Å²) in [6.45, 7) is 2.76. The second kappa shape index (κ2) is 10.1. The molecular weight excluding hydrogens is 432 g/mol. The number of amides is 2. The third-order valence-electron chi connectivity index (χ3n) is 5.47. The number of para-hydroxylation sites is 2. The van der Waals surface area contributed by atoms with Gasteiger partial charge in [0.25, 0.3) is 5.91 Å². The zero-order valence-corrected chi connectivity index (χ0v) is 19.1. The molecule has 2 amide bonds. The number of aromatic nitrogens is 2. The smallest absolute Gasteiger partial charge is 0.328 e. The maximum absolute atomic E-state index is 12.5. The number of fused-ring (bicyclic) bond motifs is 1. The molecule has 0 fully saturated rings. The van der Waals surface area contributed by atoms with Crippen LogP contribution in [0.5, 0.6) is 5.75 Å². The molecule has 0 saturated heterocycles. The van der Waals surface area contributed by atoms with Gasteiger partial charge < -0.3 is 15.4 Å². The van der Waals surface area contributed by atoms with Crippen LogP contribution in [-0.4, -0.2) is 27.6 Å². The fourth-order valence-electron chi connectivity index (χ4n) is 3.73. The van der Waals surface area contributed by atoms with E-state index < -0.39 is 0 Å². The Labute approximate surface area is 196 Å². The minimum atomic E-state index is -0.252. The lowest BCUT2D eigenvalue weighted by molar-refractivity contribution is -0.116. The number of nitrogens with zero attached hydrogens (tertiary/aromatic N) is 2. The molecule has 0 unspecified atom stereocenters. The molecule has 8 nitrogen and oxygen atoms in total. The second-order valence-electron chi connectivity index (χ2n) is 7.77. The van der Waals surface area contributed by atoms with Crippen molar-refractivity contribution in [1.29, 1.82) is 0 Å². The summed E-state index contributed by atoms with van der Waals surface area (Å²) >= 11 is 0. The summed E-state index contributed by atoms with van der Waals surface area (Å²) in [5, 5.41) is 5.65. The highest BCUT2D eigenvalue weighted by molar-refractivity contribution is 6.04. The molecule has 3 aromatic carbocycles.